The first-order valence-corrected chi connectivity index (χ1v) is 13.0. The molecular formula is C31H40O8. The Kier molecular flexibility index (Phi) is 11.9. The lowest BCUT2D eigenvalue weighted by molar-refractivity contribution is -0.140. The van der Waals surface area contributed by atoms with Gasteiger partial charge in [-0.2, -0.15) is 0 Å². The molecule has 212 valence electrons. The van der Waals surface area contributed by atoms with E-state index >= 15 is 0 Å². The van der Waals surface area contributed by atoms with Crippen molar-refractivity contribution in [2.24, 2.45) is 0 Å². The second-order valence-corrected chi connectivity index (χ2v) is 9.34. The summed E-state index contributed by atoms with van der Waals surface area (Å²) in [6.45, 7) is 20.0. The number of carbonyl (C=O) groups excluding carboxylic acids is 2. The zero-order valence-electron chi connectivity index (χ0n) is 23.9. The van der Waals surface area contributed by atoms with Crippen LogP contribution >= 0.6 is 0 Å². The number of ether oxygens (including phenoxy) is 6. The molecule has 8 heteroatoms. The van der Waals surface area contributed by atoms with Gasteiger partial charge in [-0.25, -0.2) is 9.59 Å². The maximum atomic E-state index is 11.6. The predicted octanol–water partition coefficient (Wildman–Crippen LogP) is 5.81. The van der Waals surface area contributed by atoms with Crippen molar-refractivity contribution >= 4 is 11.9 Å². The summed E-state index contributed by atoms with van der Waals surface area (Å²) in [5.74, 6) is 1.68. The third kappa shape index (κ3) is 9.09. The highest BCUT2D eigenvalue weighted by molar-refractivity contribution is 5.87. The normalized spacial score (nSPS) is 10.8. The van der Waals surface area contributed by atoms with E-state index in [1.165, 1.54) is 0 Å². The number of carbonyl (C=O) groups is 2. The van der Waals surface area contributed by atoms with E-state index in [-0.39, 0.29) is 26.4 Å². The summed E-state index contributed by atoms with van der Waals surface area (Å²) < 4.78 is 33.7. The highest BCUT2D eigenvalue weighted by atomic mass is 16.6. The molecule has 0 fully saturated rings. The van der Waals surface area contributed by atoms with Crippen LogP contribution in [0.5, 0.6) is 23.0 Å². The Morgan fingerprint density at radius 1 is 0.667 bits per heavy atom. The molecule has 0 amide bonds. The van der Waals surface area contributed by atoms with Crippen molar-refractivity contribution in [3.8, 4) is 23.0 Å². The first-order chi connectivity index (χ1) is 18.5. The highest BCUT2D eigenvalue weighted by Crippen LogP contribution is 2.43. The zero-order valence-corrected chi connectivity index (χ0v) is 23.9. The molecule has 0 radical (unpaired) electrons. The zero-order chi connectivity index (χ0) is 29.0. The van der Waals surface area contributed by atoms with Crippen molar-refractivity contribution in [2.75, 3.05) is 39.6 Å². The molecule has 0 aliphatic rings. The Hall–Kier alpha value is -3.94. The van der Waals surface area contributed by atoms with Crippen LogP contribution in [-0.4, -0.2) is 51.6 Å². The number of hydrogen-bond acceptors (Lipinski definition) is 8. The van der Waals surface area contributed by atoms with Gasteiger partial charge in [-0.3, -0.25) is 0 Å². The minimum Gasteiger partial charge on any atom is -0.493 e. The van der Waals surface area contributed by atoms with Gasteiger partial charge in [0.2, 0.25) is 0 Å². The van der Waals surface area contributed by atoms with Gasteiger partial charge in [-0.05, 0) is 39.8 Å². The Bertz CT molecular complexity index is 1080. The monoisotopic (exact) mass is 540 g/mol. The van der Waals surface area contributed by atoms with E-state index in [9.17, 15) is 9.59 Å². The molecule has 39 heavy (non-hydrogen) atoms. The van der Waals surface area contributed by atoms with E-state index in [0.29, 0.717) is 47.4 Å². The van der Waals surface area contributed by atoms with Crippen molar-refractivity contribution in [3.63, 3.8) is 0 Å². The highest BCUT2D eigenvalue weighted by Gasteiger charge is 2.30. The second kappa shape index (κ2) is 14.9. The third-order valence-corrected chi connectivity index (χ3v) is 5.72. The van der Waals surface area contributed by atoms with Crippen LogP contribution in [0, 0.1) is 0 Å². The summed E-state index contributed by atoms with van der Waals surface area (Å²) in [4.78, 5) is 23.1. The first-order valence-electron chi connectivity index (χ1n) is 13.0. The first kappa shape index (κ1) is 31.3. The Morgan fingerprint density at radius 3 is 1.38 bits per heavy atom. The minimum absolute atomic E-state index is 0.116. The molecule has 0 saturated heterocycles. The average molecular weight is 541 g/mol. The molecule has 0 unspecified atom stereocenters. The lowest BCUT2D eigenvalue weighted by atomic mass is 9.77. The average Bonchev–Trinajstić information content (AvgIpc) is 2.89. The van der Waals surface area contributed by atoms with Crippen LogP contribution in [0.2, 0.25) is 0 Å². The van der Waals surface area contributed by atoms with Gasteiger partial charge < -0.3 is 28.4 Å². The van der Waals surface area contributed by atoms with Gasteiger partial charge in [0.1, 0.15) is 49.4 Å². The lowest BCUT2D eigenvalue weighted by Gasteiger charge is -2.30. The van der Waals surface area contributed by atoms with Gasteiger partial charge in [0.15, 0.2) is 0 Å². The summed E-state index contributed by atoms with van der Waals surface area (Å²) in [7, 11) is 0. The second-order valence-electron chi connectivity index (χ2n) is 9.34. The Labute approximate surface area is 231 Å². The lowest BCUT2D eigenvalue weighted by Crippen LogP contribution is -2.22. The van der Waals surface area contributed by atoms with Crippen LogP contribution in [0.15, 0.2) is 60.7 Å². The van der Waals surface area contributed by atoms with E-state index in [1.54, 1.807) is 13.8 Å². The van der Waals surface area contributed by atoms with Crippen LogP contribution in [-0.2, 0) is 24.5 Å². The molecule has 2 aromatic carbocycles. The van der Waals surface area contributed by atoms with Gasteiger partial charge in [0.05, 0.1) is 13.2 Å². The molecule has 0 saturated carbocycles. The fourth-order valence-corrected chi connectivity index (χ4v) is 3.75. The van der Waals surface area contributed by atoms with E-state index in [1.807, 2.05) is 50.2 Å². The van der Waals surface area contributed by atoms with Crippen molar-refractivity contribution < 1.29 is 38.0 Å². The fraction of sp³-hybridized carbons (Fsp3) is 0.419. The predicted molar refractivity (Wildman–Crippen MR) is 150 cm³/mol. The molecule has 0 bridgehead atoms. The number of hydrogen-bond donors (Lipinski definition) is 0. The standard InChI is InChI=1S/C31H40O8/c1-9-34-27-19-23(36-15-17-38-29(32)21(3)4)11-13-25(27)31(7,8)26-14-12-24(20-28(26)35-10-2)37-16-18-39-30(33)22(5)6/h11-14,19-20H,3,5,9-10,15-18H2,1-2,4,6-8H3. The molecule has 0 atom stereocenters. The summed E-state index contributed by atoms with van der Waals surface area (Å²) in [6, 6.07) is 11.3. The molecule has 8 nitrogen and oxygen atoms in total. The van der Waals surface area contributed by atoms with E-state index in [4.69, 9.17) is 28.4 Å². The SMILES string of the molecule is C=C(C)C(=O)OCCOc1ccc(C(C)(C)c2ccc(OCCOC(=O)C(=C)C)cc2OCC)c(OCC)c1. The van der Waals surface area contributed by atoms with Crippen LogP contribution < -0.4 is 18.9 Å². The quantitative estimate of drug-likeness (QED) is 0.150. The fourth-order valence-electron chi connectivity index (χ4n) is 3.75. The van der Waals surface area contributed by atoms with Crippen molar-refractivity contribution in [2.45, 2.75) is 47.0 Å². The summed E-state index contributed by atoms with van der Waals surface area (Å²) >= 11 is 0. The molecule has 2 rings (SSSR count). The molecule has 0 heterocycles. The van der Waals surface area contributed by atoms with Crippen molar-refractivity contribution in [3.05, 3.63) is 71.8 Å². The van der Waals surface area contributed by atoms with Crippen LogP contribution in [0.25, 0.3) is 0 Å². The number of rotatable bonds is 16. The van der Waals surface area contributed by atoms with Crippen LogP contribution in [0.4, 0.5) is 0 Å². The van der Waals surface area contributed by atoms with Gasteiger partial charge in [-0.15, -0.1) is 0 Å². The van der Waals surface area contributed by atoms with E-state index in [2.05, 4.69) is 27.0 Å². The van der Waals surface area contributed by atoms with E-state index < -0.39 is 17.4 Å². The molecule has 0 aliphatic carbocycles. The van der Waals surface area contributed by atoms with Gasteiger partial charge in [-0.1, -0.05) is 39.1 Å². The van der Waals surface area contributed by atoms with Crippen LogP contribution in [0.3, 0.4) is 0 Å². The van der Waals surface area contributed by atoms with Crippen molar-refractivity contribution in [1.29, 1.82) is 0 Å². The number of esters is 2. The maximum Gasteiger partial charge on any atom is 0.333 e. The smallest absolute Gasteiger partial charge is 0.333 e. The summed E-state index contributed by atoms with van der Waals surface area (Å²) in [5, 5.41) is 0. The summed E-state index contributed by atoms with van der Waals surface area (Å²) in [5.41, 5.74) is 2.09. The maximum absolute atomic E-state index is 11.6. The van der Waals surface area contributed by atoms with Gasteiger partial charge in [0.25, 0.3) is 0 Å². The third-order valence-electron chi connectivity index (χ3n) is 5.72. The molecule has 0 spiro atoms. The molecular weight excluding hydrogens is 500 g/mol. The molecule has 0 aromatic heterocycles. The van der Waals surface area contributed by atoms with Crippen LogP contribution in [0.1, 0.15) is 52.7 Å². The Balaban J connectivity index is 2.22. The largest absolute Gasteiger partial charge is 0.493 e. The number of benzene rings is 2. The molecule has 0 N–H and O–H groups in total. The van der Waals surface area contributed by atoms with E-state index in [0.717, 1.165) is 11.1 Å². The molecule has 0 aliphatic heterocycles. The molecule has 2 aromatic rings. The van der Waals surface area contributed by atoms with Gasteiger partial charge >= 0.3 is 11.9 Å². The Morgan fingerprint density at radius 2 is 1.05 bits per heavy atom. The van der Waals surface area contributed by atoms with Gasteiger partial charge in [0, 0.05) is 39.8 Å². The minimum atomic E-state index is -0.500. The topological polar surface area (TPSA) is 89.5 Å². The summed E-state index contributed by atoms with van der Waals surface area (Å²) in [6.07, 6.45) is 0. The van der Waals surface area contributed by atoms with Crippen molar-refractivity contribution in [1.82, 2.24) is 0 Å².